The Morgan fingerprint density at radius 3 is 2.55 bits per heavy atom. The first-order chi connectivity index (χ1) is 16.1. The summed E-state index contributed by atoms with van der Waals surface area (Å²) in [5.74, 6) is 1.28. The van der Waals surface area contributed by atoms with E-state index < -0.39 is 0 Å². The minimum atomic E-state index is -0.189. The van der Waals surface area contributed by atoms with Gasteiger partial charge in [-0.3, -0.25) is 4.79 Å². The minimum Gasteiger partial charge on any atom is -0.439 e. The van der Waals surface area contributed by atoms with Crippen molar-refractivity contribution in [1.29, 1.82) is 5.26 Å². The summed E-state index contributed by atoms with van der Waals surface area (Å²) in [6, 6.07) is 21.7. The lowest BCUT2D eigenvalue weighted by atomic mass is 10.2. The zero-order valence-electron chi connectivity index (χ0n) is 18.1. The summed E-state index contributed by atoms with van der Waals surface area (Å²) in [5, 5.41) is 19.0. The molecule has 0 radical (unpaired) electrons. The van der Waals surface area contributed by atoms with Gasteiger partial charge in [-0.2, -0.15) is 5.26 Å². The van der Waals surface area contributed by atoms with Crippen LogP contribution in [0.15, 0.2) is 78.6 Å². The third-order valence-corrected chi connectivity index (χ3v) is 4.67. The molecule has 0 aliphatic heterocycles. The van der Waals surface area contributed by atoms with Crippen LogP contribution in [0.5, 0.6) is 11.6 Å². The van der Waals surface area contributed by atoms with E-state index in [1.54, 1.807) is 30.3 Å². The van der Waals surface area contributed by atoms with Crippen molar-refractivity contribution in [1.82, 2.24) is 15.6 Å². The van der Waals surface area contributed by atoms with Gasteiger partial charge in [0.15, 0.2) is 0 Å². The van der Waals surface area contributed by atoms with Gasteiger partial charge in [-0.1, -0.05) is 36.7 Å². The number of hydrogen-bond donors (Lipinski definition) is 3. The van der Waals surface area contributed by atoms with Crippen LogP contribution in [0.25, 0.3) is 0 Å². The SMILES string of the molecule is CCCNC(=O)/C=C(\NCc1ccc(Cl)cc1)Nc1ccc(Oc2cccc(C#N)n2)cc1. The Hall–Kier alpha value is -4.02. The van der Waals surface area contributed by atoms with E-state index >= 15 is 0 Å². The highest BCUT2D eigenvalue weighted by molar-refractivity contribution is 6.30. The molecule has 0 aliphatic carbocycles. The summed E-state index contributed by atoms with van der Waals surface area (Å²) in [6.07, 6.45) is 2.35. The number of ether oxygens (including phenoxy) is 1. The number of nitrogens with zero attached hydrogens (tertiary/aromatic N) is 2. The smallest absolute Gasteiger partial charge is 0.247 e. The van der Waals surface area contributed by atoms with E-state index in [0.29, 0.717) is 35.6 Å². The van der Waals surface area contributed by atoms with Gasteiger partial charge in [0, 0.05) is 35.9 Å². The van der Waals surface area contributed by atoms with Crippen LogP contribution in [0.1, 0.15) is 24.6 Å². The minimum absolute atomic E-state index is 0.189. The van der Waals surface area contributed by atoms with Crippen LogP contribution in [0.2, 0.25) is 5.02 Å². The second kappa shape index (κ2) is 12.1. The standard InChI is InChI=1S/C25H24ClN5O2/c1-2-14-28-24(32)15-23(29-17-18-6-8-19(26)9-7-18)30-20-10-12-22(13-11-20)33-25-5-3-4-21(16-27)31-25/h3-13,15,29-30H,2,14,17H2,1H3,(H,28,32)/b23-15+. The maximum atomic E-state index is 12.2. The van der Waals surface area contributed by atoms with Crippen LogP contribution in [-0.4, -0.2) is 17.4 Å². The number of carbonyl (C=O) groups is 1. The first-order valence-electron chi connectivity index (χ1n) is 10.5. The van der Waals surface area contributed by atoms with Crippen LogP contribution in [0, 0.1) is 11.3 Å². The quantitative estimate of drug-likeness (QED) is 0.369. The normalized spacial score (nSPS) is 10.8. The number of halogens is 1. The molecule has 168 valence electrons. The molecule has 3 aromatic rings. The number of pyridine rings is 1. The fraction of sp³-hybridized carbons (Fsp3) is 0.160. The maximum absolute atomic E-state index is 12.2. The number of anilines is 1. The molecule has 8 heteroatoms. The number of aromatic nitrogens is 1. The molecule has 3 N–H and O–H groups in total. The zero-order valence-corrected chi connectivity index (χ0v) is 18.9. The fourth-order valence-corrected chi connectivity index (χ4v) is 2.90. The molecular weight excluding hydrogens is 438 g/mol. The lowest BCUT2D eigenvalue weighted by molar-refractivity contribution is -0.116. The van der Waals surface area contributed by atoms with Gasteiger partial charge >= 0.3 is 0 Å². The average Bonchev–Trinajstić information content (AvgIpc) is 2.83. The van der Waals surface area contributed by atoms with E-state index in [4.69, 9.17) is 21.6 Å². The van der Waals surface area contributed by atoms with Crippen LogP contribution in [0.4, 0.5) is 5.69 Å². The van der Waals surface area contributed by atoms with Crippen molar-refractivity contribution >= 4 is 23.2 Å². The van der Waals surface area contributed by atoms with Crippen LogP contribution in [-0.2, 0) is 11.3 Å². The predicted octanol–water partition coefficient (Wildman–Crippen LogP) is 4.97. The van der Waals surface area contributed by atoms with E-state index in [0.717, 1.165) is 17.7 Å². The van der Waals surface area contributed by atoms with Crippen molar-refractivity contribution < 1.29 is 9.53 Å². The molecule has 0 saturated carbocycles. The number of carbonyl (C=O) groups excluding carboxylic acids is 1. The number of nitriles is 1. The predicted molar refractivity (Wildman–Crippen MR) is 129 cm³/mol. The van der Waals surface area contributed by atoms with Crippen LogP contribution < -0.4 is 20.7 Å². The molecule has 1 aromatic heterocycles. The third kappa shape index (κ3) is 7.87. The summed E-state index contributed by atoms with van der Waals surface area (Å²) in [4.78, 5) is 16.3. The summed E-state index contributed by atoms with van der Waals surface area (Å²) < 4.78 is 5.71. The maximum Gasteiger partial charge on any atom is 0.247 e. The Labute approximate surface area is 198 Å². The monoisotopic (exact) mass is 461 g/mol. The van der Waals surface area contributed by atoms with Gasteiger partial charge in [0.25, 0.3) is 0 Å². The molecule has 3 rings (SSSR count). The molecule has 0 aliphatic rings. The molecule has 1 heterocycles. The lowest BCUT2D eigenvalue weighted by Gasteiger charge is -2.15. The van der Waals surface area contributed by atoms with Gasteiger partial charge in [0.2, 0.25) is 11.8 Å². The Bertz CT molecular complexity index is 1140. The zero-order chi connectivity index (χ0) is 23.5. The fourth-order valence-electron chi connectivity index (χ4n) is 2.78. The van der Waals surface area contributed by atoms with Crippen molar-refractivity contribution in [2.24, 2.45) is 0 Å². The van der Waals surface area contributed by atoms with Crippen molar-refractivity contribution in [3.63, 3.8) is 0 Å². The van der Waals surface area contributed by atoms with Gasteiger partial charge in [-0.05, 0) is 54.4 Å². The lowest BCUT2D eigenvalue weighted by Crippen LogP contribution is -2.26. The molecule has 0 spiro atoms. The van der Waals surface area contributed by atoms with Crippen molar-refractivity contribution in [3.8, 4) is 17.7 Å². The number of hydrogen-bond acceptors (Lipinski definition) is 6. The highest BCUT2D eigenvalue weighted by atomic mass is 35.5. The molecule has 0 bridgehead atoms. The molecule has 1 amide bonds. The Morgan fingerprint density at radius 1 is 1.09 bits per heavy atom. The van der Waals surface area contributed by atoms with Crippen molar-refractivity contribution in [2.45, 2.75) is 19.9 Å². The van der Waals surface area contributed by atoms with Crippen molar-refractivity contribution in [2.75, 3.05) is 11.9 Å². The molecule has 2 aromatic carbocycles. The first kappa shape index (κ1) is 23.6. The second-order valence-corrected chi connectivity index (χ2v) is 7.49. The van der Waals surface area contributed by atoms with E-state index in [2.05, 4.69) is 20.9 Å². The topological polar surface area (TPSA) is 99.1 Å². The van der Waals surface area contributed by atoms with E-state index in [1.165, 1.54) is 6.08 Å². The summed E-state index contributed by atoms with van der Waals surface area (Å²) >= 11 is 5.95. The molecule has 7 nitrogen and oxygen atoms in total. The number of amides is 1. The first-order valence-corrected chi connectivity index (χ1v) is 10.8. The third-order valence-electron chi connectivity index (χ3n) is 4.41. The molecule has 0 fully saturated rings. The number of nitrogens with one attached hydrogen (secondary N) is 3. The number of benzene rings is 2. The molecule has 0 saturated heterocycles. The van der Waals surface area contributed by atoms with Crippen LogP contribution >= 0.6 is 11.6 Å². The largest absolute Gasteiger partial charge is 0.439 e. The van der Waals surface area contributed by atoms with E-state index in [-0.39, 0.29) is 11.6 Å². The summed E-state index contributed by atoms with van der Waals surface area (Å²) in [6.45, 7) is 3.11. The van der Waals surface area contributed by atoms with Gasteiger partial charge in [0.1, 0.15) is 23.3 Å². The Balaban J connectivity index is 1.68. The Morgan fingerprint density at radius 2 is 1.85 bits per heavy atom. The summed E-state index contributed by atoms with van der Waals surface area (Å²) in [5.41, 5.74) is 2.07. The summed E-state index contributed by atoms with van der Waals surface area (Å²) in [7, 11) is 0. The molecule has 33 heavy (non-hydrogen) atoms. The van der Waals surface area contributed by atoms with Crippen LogP contribution in [0.3, 0.4) is 0 Å². The van der Waals surface area contributed by atoms with E-state index in [9.17, 15) is 4.79 Å². The van der Waals surface area contributed by atoms with Gasteiger partial charge in [0.05, 0.1) is 0 Å². The van der Waals surface area contributed by atoms with Crippen molar-refractivity contribution in [3.05, 3.63) is 94.9 Å². The molecule has 0 atom stereocenters. The van der Waals surface area contributed by atoms with Gasteiger partial charge < -0.3 is 20.7 Å². The average molecular weight is 462 g/mol. The second-order valence-electron chi connectivity index (χ2n) is 7.05. The molecule has 0 unspecified atom stereocenters. The Kier molecular flexibility index (Phi) is 8.69. The highest BCUT2D eigenvalue weighted by Gasteiger charge is 2.05. The molecular formula is C25H24ClN5O2. The number of rotatable bonds is 10. The van der Waals surface area contributed by atoms with Gasteiger partial charge in [-0.25, -0.2) is 4.98 Å². The van der Waals surface area contributed by atoms with Gasteiger partial charge in [-0.15, -0.1) is 0 Å². The van der Waals surface area contributed by atoms with E-state index in [1.807, 2.05) is 49.4 Å². The highest BCUT2D eigenvalue weighted by Crippen LogP contribution is 2.22.